The molecule has 224 valence electrons. The van der Waals surface area contributed by atoms with Crippen molar-refractivity contribution in [2.45, 2.75) is 11.8 Å². The quantitative estimate of drug-likeness (QED) is 0.100. The lowest BCUT2D eigenvalue weighted by atomic mass is 10.0. The number of amides is 4. The van der Waals surface area contributed by atoms with Gasteiger partial charge in [0.15, 0.2) is 0 Å². The minimum Gasteiger partial charge on any atom is -0.326 e. The maximum absolute atomic E-state index is 13.5. The topological polar surface area (TPSA) is 116 Å². The Bertz CT molecular complexity index is 1870. The van der Waals surface area contributed by atoms with Crippen molar-refractivity contribution >= 4 is 69.3 Å². The molecule has 9 heteroatoms. The van der Waals surface area contributed by atoms with Crippen molar-refractivity contribution in [3.63, 3.8) is 0 Å². The highest BCUT2D eigenvalue weighted by Gasteiger charge is 2.16. The van der Waals surface area contributed by atoms with Gasteiger partial charge in [-0.1, -0.05) is 60.7 Å². The summed E-state index contributed by atoms with van der Waals surface area (Å²) in [5, 5.41) is 13.1. The summed E-state index contributed by atoms with van der Waals surface area (Å²) in [6, 6.07) is 36.3. The van der Waals surface area contributed by atoms with E-state index < -0.39 is 11.8 Å². The maximum Gasteiger partial charge on any atom is 0.272 e. The molecule has 0 aliphatic rings. The van der Waals surface area contributed by atoms with Crippen molar-refractivity contribution in [1.82, 2.24) is 5.32 Å². The summed E-state index contributed by atoms with van der Waals surface area (Å²) < 4.78 is 0. The third kappa shape index (κ3) is 8.68. The number of carbonyl (C=O) groups is 4. The zero-order valence-electron chi connectivity index (χ0n) is 24.4. The number of fused-ring (bicyclic) bond motifs is 1. The second-order valence-corrected chi connectivity index (χ2v) is 11.1. The Hall–Kier alpha value is -5.67. The van der Waals surface area contributed by atoms with Crippen molar-refractivity contribution < 1.29 is 19.2 Å². The van der Waals surface area contributed by atoms with Crippen LogP contribution in [0.3, 0.4) is 0 Å². The highest BCUT2D eigenvalue weighted by Crippen LogP contribution is 2.23. The molecule has 0 unspecified atom stereocenters. The molecule has 4 amide bonds. The monoisotopic (exact) mass is 614 g/mol. The number of hydrogen-bond acceptors (Lipinski definition) is 5. The van der Waals surface area contributed by atoms with Crippen LogP contribution in [0.1, 0.15) is 22.8 Å². The van der Waals surface area contributed by atoms with Gasteiger partial charge in [-0.2, -0.15) is 0 Å². The first-order valence-electron chi connectivity index (χ1n) is 14.1. The Morgan fingerprint density at radius 1 is 0.644 bits per heavy atom. The fourth-order valence-corrected chi connectivity index (χ4v) is 5.19. The Balaban J connectivity index is 1.24. The Morgan fingerprint density at radius 2 is 1.24 bits per heavy atom. The van der Waals surface area contributed by atoms with Gasteiger partial charge in [-0.3, -0.25) is 19.2 Å². The molecule has 45 heavy (non-hydrogen) atoms. The van der Waals surface area contributed by atoms with Crippen LogP contribution in [-0.2, 0) is 14.4 Å². The largest absolute Gasteiger partial charge is 0.326 e. The van der Waals surface area contributed by atoms with E-state index in [0.717, 1.165) is 21.2 Å². The number of carbonyl (C=O) groups excluding carboxylic acids is 4. The molecule has 0 bridgehead atoms. The molecule has 0 atom stereocenters. The first kappa shape index (κ1) is 30.8. The third-order valence-corrected chi connectivity index (χ3v) is 7.64. The van der Waals surface area contributed by atoms with E-state index >= 15 is 0 Å². The number of hydrogen-bond donors (Lipinski definition) is 4. The van der Waals surface area contributed by atoms with Crippen LogP contribution < -0.4 is 21.3 Å². The summed E-state index contributed by atoms with van der Waals surface area (Å²) in [7, 11) is 0. The van der Waals surface area contributed by atoms with Crippen molar-refractivity contribution in [3.05, 3.63) is 138 Å². The zero-order valence-corrected chi connectivity index (χ0v) is 25.2. The second kappa shape index (κ2) is 14.7. The van der Waals surface area contributed by atoms with Crippen molar-refractivity contribution in [3.8, 4) is 0 Å². The van der Waals surface area contributed by atoms with E-state index in [4.69, 9.17) is 0 Å². The van der Waals surface area contributed by atoms with Gasteiger partial charge in [-0.25, -0.2) is 0 Å². The summed E-state index contributed by atoms with van der Waals surface area (Å²) in [5.41, 5.74) is 3.13. The van der Waals surface area contributed by atoms with Crippen LogP contribution in [-0.4, -0.2) is 29.4 Å². The van der Waals surface area contributed by atoms with Crippen LogP contribution in [0.25, 0.3) is 16.8 Å². The summed E-state index contributed by atoms with van der Waals surface area (Å²) in [6.45, 7) is 1.43. The van der Waals surface area contributed by atoms with Crippen molar-refractivity contribution in [1.29, 1.82) is 0 Å². The van der Waals surface area contributed by atoms with Gasteiger partial charge >= 0.3 is 0 Å². The second-order valence-electron chi connectivity index (χ2n) is 10.0. The van der Waals surface area contributed by atoms with E-state index in [1.807, 2.05) is 60.7 Å². The highest BCUT2D eigenvalue weighted by molar-refractivity contribution is 8.00. The van der Waals surface area contributed by atoms with Crippen LogP contribution in [0.5, 0.6) is 0 Å². The minimum absolute atomic E-state index is 0.0976. The SMILES string of the molecule is CC(=O)Nc1ccc(NC(=O)CSc2ccc(NC(=O)/C(=C/c3cccc4ccccc34)NC(=O)c3ccccc3)cc2)cc1. The van der Waals surface area contributed by atoms with Crippen LogP contribution in [0.2, 0.25) is 0 Å². The van der Waals surface area contributed by atoms with Gasteiger partial charge in [0.1, 0.15) is 5.70 Å². The molecule has 5 rings (SSSR count). The molecule has 0 saturated heterocycles. The van der Waals surface area contributed by atoms with E-state index in [-0.39, 0.29) is 23.3 Å². The van der Waals surface area contributed by atoms with E-state index in [9.17, 15) is 19.2 Å². The lowest BCUT2D eigenvalue weighted by molar-refractivity contribution is -0.114. The van der Waals surface area contributed by atoms with Crippen molar-refractivity contribution in [2.24, 2.45) is 0 Å². The highest BCUT2D eigenvalue weighted by atomic mass is 32.2. The molecule has 0 aromatic heterocycles. The summed E-state index contributed by atoms with van der Waals surface area (Å²) in [5.74, 6) is -1.03. The Labute approximate surface area is 264 Å². The average molecular weight is 615 g/mol. The fourth-order valence-electron chi connectivity index (χ4n) is 4.49. The molecule has 4 N–H and O–H groups in total. The van der Waals surface area contributed by atoms with E-state index in [1.165, 1.54) is 18.7 Å². The van der Waals surface area contributed by atoms with E-state index in [1.54, 1.807) is 66.7 Å². The average Bonchev–Trinajstić information content (AvgIpc) is 3.05. The number of anilines is 3. The van der Waals surface area contributed by atoms with Gasteiger partial charge in [0.2, 0.25) is 11.8 Å². The van der Waals surface area contributed by atoms with Gasteiger partial charge in [-0.15, -0.1) is 11.8 Å². The standard InChI is InChI=1S/C36H30N4O4S/c1-24(41)37-28-14-16-29(17-15-28)38-34(42)23-45-31-20-18-30(19-21-31)39-36(44)33(40-35(43)26-9-3-2-4-10-26)22-27-12-7-11-25-8-5-6-13-32(25)27/h2-22H,23H2,1H3,(H,37,41)(H,38,42)(H,39,44)(H,40,43)/b33-22-. The molecule has 0 radical (unpaired) electrons. The number of thioether (sulfide) groups is 1. The molecular weight excluding hydrogens is 584 g/mol. The van der Waals surface area contributed by atoms with E-state index in [0.29, 0.717) is 22.6 Å². The van der Waals surface area contributed by atoms with Crippen LogP contribution in [0.15, 0.2) is 132 Å². The van der Waals surface area contributed by atoms with Gasteiger partial charge in [0, 0.05) is 34.4 Å². The maximum atomic E-state index is 13.5. The summed E-state index contributed by atoms with van der Waals surface area (Å²) in [4.78, 5) is 51.0. The van der Waals surface area contributed by atoms with Crippen LogP contribution >= 0.6 is 11.8 Å². The molecule has 8 nitrogen and oxygen atoms in total. The number of benzene rings is 5. The molecule has 0 saturated carbocycles. The molecule has 0 heterocycles. The smallest absolute Gasteiger partial charge is 0.272 e. The predicted octanol–water partition coefficient (Wildman–Crippen LogP) is 6.94. The Morgan fingerprint density at radius 3 is 1.96 bits per heavy atom. The number of rotatable bonds is 10. The van der Waals surface area contributed by atoms with Gasteiger partial charge in [0.25, 0.3) is 11.8 Å². The van der Waals surface area contributed by atoms with Gasteiger partial charge in [0.05, 0.1) is 5.75 Å². The van der Waals surface area contributed by atoms with Crippen molar-refractivity contribution in [2.75, 3.05) is 21.7 Å². The normalized spacial score (nSPS) is 11.0. The predicted molar refractivity (Wildman–Crippen MR) is 181 cm³/mol. The minimum atomic E-state index is -0.475. The van der Waals surface area contributed by atoms with Gasteiger partial charge < -0.3 is 21.3 Å². The molecule has 0 spiro atoms. The van der Waals surface area contributed by atoms with E-state index in [2.05, 4.69) is 21.3 Å². The van der Waals surface area contributed by atoms with Crippen LogP contribution in [0, 0.1) is 0 Å². The lowest BCUT2D eigenvalue weighted by Gasteiger charge is -2.13. The van der Waals surface area contributed by atoms with Gasteiger partial charge in [-0.05, 0) is 83.1 Å². The molecule has 5 aromatic rings. The number of nitrogens with one attached hydrogen (secondary N) is 4. The first-order chi connectivity index (χ1) is 21.8. The Kier molecular flexibility index (Phi) is 10.0. The summed E-state index contributed by atoms with van der Waals surface area (Å²) >= 11 is 1.35. The summed E-state index contributed by atoms with van der Waals surface area (Å²) in [6.07, 6.45) is 1.68. The molecule has 5 aromatic carbocycles. The molecular formula is C36H30N4O4S. The molecule has 0 aliphatic carbocycles. The third-order valence-electron chi connectivity index (χ3n) is 6.62. The molecule has 0 fully saturated rings. The fraction of sp³-hybridized carbons (Fsp3) is 0.0556. The zero-order chi connectivity index (χ0) is 31.6. The van der Waals surface area contributed by atoms with Crippen LogP contribution in [0.4, 0.5) is 17.1 Å². The molecule has 0 aliphatic heterocycles. The lowest BCUT2D eigenvalue weighted by Crippen LogP contribution is -2.30. The first-order valence-corrected chi connectivity index (χ1v) is 15.1.